The Morgan fingerprint density at radius 1 is 1.12 bits per heavy atom. The summed E-state index contributed by atoms with van der Waals surface area (Å²) in [5.74, 6) is -0.134. The number of benzene rings is 2. The van der Waals surface area contributed by atoms with E-state index in [4.69, 9.17) is 23.2 Å². The largest absolute Gasteiger partial charge is 0.240 e. The third-order valence-electron chi connectivity index (χ3n) is 3.50. The van der Waals surface area contributed by atoms with E-state index in [-0.39, 0.29) is 12.3 Å². The summed E-state index contributed by atoms with van der Waals surface area (Å²) in [6.45, 7) is 0.239. The van der Waals surface area contributed by atoms with Gasteiger partial charge in [-0.15, -0.1) is 11.3 Å². The SMILES string of the molecule is CN(Cc1nc2ccccc2s1)S(=O)(=O)Cc1ccc(Cl)c(Cl)c1. The molecule has 0 aliphatic heterocycles. The zero-order valence-corrected chi connectivity index (χ0v) is 15.9. The lowest BCUT2D eigenvalue weighted by Crippen LogP contribution is -2.27. The number of thiazole rings is 1. The average Bonchev–Trinajstić information content (AvgIpc) is 2.93. The number of halogens is 2. The van der Waals surface area contributed by atoms with Crippen molar-refractivity contribution < 1.29 is 8.42 Å². The van der Waals surface area contributed by atoms with Crippen LogP contribution in [0.1, 0.15) is 10.6 Å². The first-order chi connectivity index (χ1) is 11.3. The highest BCUT2D eigenvalue weighted by molar-refractivity contribution is 7.88. The molecule has 0 saturated carbocycles. The number of fused-ring (bicyclic) bond motifs is 1. The van der Waals surface area contributed by atoms with Gasteiger partial charge in [0.25, 0.3) is 0 Å². The molecule has 1 heterocycles. The fourth-order valence-electron chi connectivity index (χ4n) is 2.23. The highest BCUT2D eigenvalue weighted by Crippen LogP contribution is 2.25. The van der Waals surface area contributed by atoms with Crippen molar-refractivity contribution >= 4 is 54.8 Å². The quantitative estimate of drug-likeness (QED) is 0.630. The smallest absolute Gasteiger partial charge is 0.218 e. The van der Waals surface area contributed by atoms with Crippen molar-refractivity contribution in [2.75, 3.05) is 7.05 Å². The van der Waals surface area contributed by atoms with Crippen LogP contribution in [-0.2, 0) is 22.3 Å². The Morgan fingerprint density at radius 2 is 1.88 bits per heavy atom. The molecular weight excluding hydrogens is 387 g/mol. The number of hydrogen-bond acceptors (Lipinski definition) is 4. The van der Waals surface area contributed by atoms with Crippen LogP contribution >= 0.6 is 34.5 Å². The van der Waals surface area contributed by atoms with Crippen molar-refractivity contribution in [2.24, 2.45) is 0 Å². The lowest BCUT2D eigenvalue weighted by molar-refractivity contribution is 0.465. The number of rotatable bonds is 5. The molecule has 0 amide bonds. The van der Waals surface area contributed by atoms with Crippen molar-refractivity contribution in [3.8, 4) is 0 Å². The number of para-hydroxylation sites is 1. The van der Waals surface area contributed by atoms with Gasteiger partial charge >= 0.3 is 0 Å². The number of aromatic nitrogens is 1. The Balaban J connectivity index is 1.77. The molecule has 0 fully saturated rings. The van der Waals surface area contributed by atoms with Gasteiger partial charge in [0.15, 0.2) is 0 Å². The van der Waals surface area contributed by atoms with Gasteiger partial charge in [-0.1, -0.05) is 41.4 Å². The average molecular weight is 401 g/mol. The highest BCUT2D eigenvalue weighted by Gasteiger charge is 2.20. The van der Waals surface area contributed by atoms with E-state index in [2.05, 4.69) is 4.98 Å². The van der Waals surface area contributed by atoms with Gasteiger partial charge in [-0.25, -0.2) is 13.4 Å². The monoisotopic (exact) mass is 400 g/mol. The summed E-state index contributed by atoms with van der Waals surface area (Å²) in [6, 6.07) is 12.6. The predicted octanol–water partition coefficient (Wildman–Crippen LogP) is 4.56. The first-order valence-corrected chi connectivity index (χ1v) is 10.3. The number of nitrogens with zero attached hydrogens (tertiary/aromatic N) is 2. The van der Waals surface area contributed by atoms with Gasteiger partial charge < -0.3 is 0 Å². The summed E-state index contributed by atoms with van der Waals surface area (Å²) >= 11 is 13.3. The second-order valence-corrected chi connectivity index (χ2v) is 9.34. The van der Waals surface area contributed by atoms with E-state index in [1.54, 1.807) is 25.2 Å². The van der Waals surface area contributed by atoms with Crippen molar-refractivity contribution in [3.63, 3.8) is 0 Å². The molecule has 2 aromatic carbocycles. The molecule has 3 aromatic rings. The van der Waals surface area contributed by atoms with Crippen LogP contribution in [0.2, 0.25) is 10.0 Å². The van der Waals surface area contributed by atoms with Gasteiger partial charge in [-0.3, -0.25) is 0 Å². The summed E-state index contributed by atoms with van der Waals surface area (Å²) in [6.07, 6.45) is 0. The van der Waals surface area contributed by atoms with Crippen molar-refractivity contribution in [1.82, 2.24) is 9.29 Å². The maximum absolute atomic E-state index is 12.5. The Morgan fingerprint density at radius 3 is 2.58 bits per heavy atom. The Kier molecular flexibility index (Phi) is 5.13. The molecule has 3 rings (SSSR count). The molecule has 0 radical (unpaired) electrons. The van der Waals surface area contributed by atoms with Crippen molar-refractivity contribution in [3.05, 3.63) is 63.1 Å². The second-order valence-electron chi connectivity index (χ2n) is 5.34. The van der Waals surface area contributed by atoms with E-state index < -0.39 is 10.0 Å². The first kappa shape index (κ1) is 17.6. The van der Waals surface area contributed by atoms with Crippen molar-refractivity contribution in [2.45, 2.75) is 12.3 Å². The molecule has 0 aliphatic rings. The minimum Gasteiger partial charge on any atom is -0.240 e. The molecule has 0 atom stereocenters. The van der Waals surface area contributed by atoms with Crippen LogP contribution in [-0.4, -0.2) is 24.8 Å². The van der Waals surface area contributed by atoms with Gasteiger partial charge in [-0.2, -0.15) is 4.31 Å². The molecular formula is C16H14Cl2N2O2S2. The van der Waals surface area contributed by atoms with E-state index in [1.165, 1.54) is 15.6 Å². The molecule has 0 unspecified atom stereocenters. The van der Waals surface area contributed by atoms with E-state index in [0.29, 0.717) is 15.6 Å². The summed E-state index contributed by atoms with van der Waals surface area (Å²) < 4.78 is 27.4. The Labute approximate surface area is 154 Å². The molecule has 4 nitrogen and oxygen atoms in total. The van der Waals surface area contributed by atoms with Gasteiger partial charge in [0, 0.05) is 7.05 Å². The zero-order valence-electron chi connectivity index (χ0n) is 12.7. The zero-order chi connectivity index (χ0) is 17.3. The van der Waals surface area contributed by atoms with Crippen LogP contribution < -0.4 is 0 Å². The summed E-state index contributed by atoms with van der Waals surface area (Å²) in [7, 11) is -1.93. The minimum absolute atomic E-state index is 0.134. The van der Waals surface area contributed by atoms with E-state index in [9.17, 15) is 8.42 Å². The van der Waals surface area contributed by atoms with Gasteiger partial charge in [-0.05, 0) is 29.8 Å². The van der Waals surface area contributed by atoms with Crippen LogP contribution in [0.4, 0.5) is 0 Å². The number of sulfonamides is 1. The maximum atomic E-state index is 12.5. The fraction of sp³-hybridized carbons (Fsp3) is 0.188. The summed E-state index contributed by atoms with van der Waals surface area (Å²) in [5, 5.41) is 1.51. The molecule has 1 aromatic heterocycles. The minimum atomic E-state index is -3.48. The van der Waals surface area contributed by atoms with E-state index in [0.717, 1.165) is 15.2 Å². The van der Waals surface area contributed by atoms with Crippen molar-refractivity contribution in [1.29, 1.82) is 0 Å². The molecule has 8 heteroatoms. The lowest BCUT2D eigenvalue weighted by Gasteiger charge is -2.16. The van der Waals surface area contributed by atoms with Gasteiger partial charge in [0.1, 0.15) is 5.01 Å². The van der Waals surface area contributed by atoms with Crippen LogP contribution in [0.3, 0.4) is 0 Å². The van der Waals surface area contributed by atoms with Gasteiger partial charge in [0.2, 0.25) is 10.0 Å². The molecule has 0 N–H and O–H groups in total. The standard InChI is InChI=1S/C16H14Cl2N2O2S2/c1-20(9-16-19-14-4-2-3-5-15(14)23-16)24(21,22)10-11-6-7-12(17)13(18)8-11/h2-8H,9-10H2,1H3. The van der Waals surface area contributed by atoms with Crippen LogP contribution in [0.5, 0.6) is 0 Å². The Hall–Kier alpha value is -1.18. The normalized spacial score (nSPS) is 12.2. The molecule has 0 spiro atoms. The molecule has 126 valence electrons. The van der Waals surface area contributed by atoms with Gasteiger partial charge in [0.05, 0.1) is 32.6 Å². The topological polar surface area (TPSA) is 50.3 Å². The first-order valence-electron chi connectivity index (χ1n) is 7.07. The third-order valence-corrected chi connectivity index (χ3v) is 7.04. The Bertz CT molecular complexity index is 954. The summed E-state index contributed by atoms with van der Waals surface area (Å²) in [5.41, 5.74) is 1.48. The van der Waals surface area contributed by atoms with Crippen LogP contribution in [0, 0.1) is 0 Å². The highest BCUT2D eigenvalue weighted by atomic mass is 35.5. The van der Waals surface area contributed by atoms with Crippen LogP contribution in [0.15, 0.2) is 42.5 Å². The number of hydrogen-bond donors (Lipinski definition) is 0. The summed E-state index contributed by atoms with van der Waals surface area (Å²) in [4.78, 5) is 4.47. The lowest BCUT2D eigenvalue weighted by atomic mass is 10.2. The van der Waals surface area contributed by atoms with E-state index in [1.807, 2.05) is 24.3 Å². The van der Waals surface area contributed by atoms with Crippen LogP contribution in [0.25, 0.3) is 10.2 Å². The third kappa shape index (κ3) is 3.90. The predicted molar refractivity (Wildman–Crippen MR) is 100 cm³/mol. The second kappa shape index (κ2) is 6.98. The molecule has 0 bridgehead atoms. The maximum Gasteiger partial charge on any atom is 0.218 e. The molecule has 24 heavy (non-hydrogen) atoms. The molecule has 0 saturated heterocycles. The fourth-order valence-corrected chi connectivity index (χ4v) is 4.79. The van der Waals surface area contributed by atoms with E-state index >= 15 is 0 Å². The molecule has 0 aliphatic carbocycles.